The molecule has 0 saturated carbocycles. The molecule has 0 aliphatic heterocycles. The van der Waals surface area contributed by atoms with Crippen LogP contribution < -0.4 is 0 Å². The van der Waals surface area contributed by atoms with Crippen LogP contribution in [0.4, 0.5) is 0 Å². The Balaban J connectivity index is 1.80. The lowest BCUT2D eigenvalue weighted by atomic mass is 9.92. The monoisotopic (exact) mass is 339 g/mol. The average Bonchev–Trinajstić information content (AvgIpc) is 2.59. The van der Waals surface area contributed by atoms with Gasteiger partial charge in [0.15, 0.2) is 5.78 Å². The molecule has 122 valence electrons. The van der Waals surface area contributed by atoms with Gasteiger partial charge >= 0.3 is 0 Å². The third kappa shape index (κ3) is 3.58. The first-order valence-electron chi connectivity index (χ1n) is 7.80. The zero-order valence-electron chi connectivity index (χ0n) is 13.3. The Morgan fingerprint density at radius 2 is 1.83 bits per heavy atom. The van der Waals surface area contributed by atoms with E-state index in [1.807, 2.05) is 55.5 Å². The number of halogens is 1. The number of carbonyl (C=O) groups is 1. The Morgan fingerprint density at radius 3 is 2.58 bits per heavy atom. The number of carbonyl (C=O) groups excluding carboxylic acids is 1. The third-order valence-corrected chi connectivity index (χ3v) is 4.34. The van der Waals surface area contributed by atoms with Gasteiger partial charge in [0.25, 0.3) is 0 Å². The number of hydroxylamine groups is 2. The molecule has 0 aromatic heterocycles. The van der Waals surface area contributed by atoms with E-state index < -0.39 is 0 Å². The lowest BCUT2D eigenvalue weighted by Gasteiger charge is -2.23. The van der Waals surface area contributed by atoms with Crippen molar-refractivity contribution in [1.82, 2.24) is 5.06 Å². The summed E-state index contributed by atoms with van der Waals surface area (Å²) in [7, 11) is 0. The summed E-state index contributed by atoms with van der Waals surface area (Å²) in [6.07, 6.45) is 5.49. The second-order valence-electron chi connectivity index (χ2n) is 5.89. The van der Waals surface area contributed by atoms with E-state index >= 15 is 0 Å². The summed E-state index contributed by atoms with van der Waals surface area (Å²) in [5.74, 6) is -0.105. The van der Waals surface area contributed by atoms with Gasteiger partial charge in [0.05, 0.1) is 6.04 Å². The molecule has 3 nitrogen and oxygen atoms in total. The second kappa shape index (κ2) is 7.04. The molecule has 2 aromatic carbocycles. The molecule has 24 heavy (non-hydrogen) atoms. The van der Waals surface area contributed by atoms with E-state index in [1.54, 1.807) is 6.08 Å². The van der Waals surface area contributed by atoms with Crippen LogP contribution in [0.15, 0.2) is 60.8 Å². The maximum atomic E-state index is 12.2. The molecule has 1 aliphatic carbocycles. The van der Waals surface area contributed by atoms with Gasteiger partial charge in [-0.05, 0) is 48.2 Å². The van der Waals surface area contributed by atoms with Gasteiger partial charge in [-0.2, -0.15) is 0 Å². The number of ketones is 1. The summed E-state index contributed by atoms with van der Waals surface area (Å²) in [5.41, 5.74) is 3.38. The van der Waals surface area contributed by atoms with Crippen molar-refractivity contribution < 1.29 is 10.0 Å². The largest absolute Gasteiger partial charge is 0.289 e. The van der Waals surface area contributed by atoms with Crippen LogP contribution in [0.1, 0.15) is 23.6 Å². The first-order valence-corrected chi connectivity index (χ1v) is 8.17. The fourth-order valence-electron chi connectivity index (χ4n) is 2.72. The van der Waals surface area contributed by atoms with Gasteiger partial charge in [0.1, 0.15) is 0 Å². The summed E-state index contributed by atoms with van der Waals surface area (Å²) in [4.78, 5) is 12.2. The Hall–Kier alpha value is -2.36. The second-order valence-corrected chi connectivity index (χ2v) is 6.32. The predicted octanol–water partition coefficient (Wildman–Crippen LogP) is 4.60. The van der Waals surface area contributed by atoms with Gasteiger partial charge in [0.2, 0.25) is 0 Å². The van der Waals surface area contributed by atoms with Crippen molar-refractivity contribution in [2.75, 3.05) is 0 Å². The molecule has 0 spiro atoms. The van der Waals surface area contributed by atoms with Crippen molar-refractivity contribution in [1.29, 1.82) is 0 Å². The van der Waals surface area contributed by atoms with Crippen molar-refractivity contribution in [3.8, 4) is 0 Å². The summed E-state index contributed by atoms with van der Waals surface area (Å²) >= 11 is 5.89. The van der Waals surface area contributed by atoms with Crippen molar-refractivity contribution >= 4 is 29.0 Å². The lowest BCUT2D eigenvalue weighted by Crippen LogP contribution is -2.27. The molecule has 1 aliphatic rings. The Labute approximate surface area is 146 Å². The standard InChI is InChI=1S/C20H18ClNO2/c1-14(12-15-6-9-17(21)10-7-15)22(24)13-19-18-5-3-2-4-16(18)8-11-20(19)23/h2-11,13-14,24H,12H2,1H3/b19-13+. The highest BCUT2D eigenvalue weighted by molar-refractivity contribution is 6.30. The minimum absolute atomic E-state index is 0.105. The molecule has 4 heteroatoms. The van der Waals surface area contributed by atoms with Crippen LogP contribution >= 0.6 is 11.6 Å². The molecular weight excluding hydrogens is 322 g/mol. The summed E-state index contributed by atoms with van der Waals surface area (Å²) < 4.78 is 0. The van der Waals surface area contributed by atoms with Gasteiger partial charge in [-0.3, -0.25) is 15.1 Å². The van der Waals surface area contributed by atoms with Crippen LogP contribution in [-0.4, -0.2) is 22.1 Å². The highest BCUT2D eigenvalue weighted by atomic mass is 35.5. The summed E-state index contributed by atoms with van der Waals surface area (Å²) in [6.45, 7) is 1.90. The molecule has 0 bridgehead atoms. The zero-order chi connectivity index (χ0) is 17.1. The molecule has 0 saturated heterocycles. The van der Waals surface area contributed by atoms with Crippen molar-refractivity contribution in [3.63, 3.8) is 0 Å². The molecule has 1 N–H and O–H groups in total. The molecule has 1 atom stereocenters. The smallest absolute Gasteiger partial charge is 0.188 e. The minimum Gasteiger partial charge on any atom is -0.289 e. The molecule has 0 fully saturated rings. The van der Waals surface area contributed by atoms with E-state index in [2.05, 4.69) is 0 Å². The average molecular weight is 340 g/mol. The predicted molar refractivity (Wildman–Crippen MR) is 96.7 cm³/mol. The Morgan fingerprint density at radius 1 is 1.12 bits per heavy atom. The maximum absolute atomic E-state index is 12.2. The Bertz CT molecular complexity index is 809. The molecule has 1 unspecified atom stereocenters. The number of allylic oxidation sites excluding steroid dienone is 2. The van der Waals surface area contributed by atoms with E-state index in [0.29, 0.717) is 17.0 Å². The molecule has 0 radical (unpaired) electrons. The molecule has 3 rings (SSSR count). The fraction of sp³-hybridized carbons (Fsp3) is 0.150. The summed E-state index contributed by atoms with van der Waals surface area (Å²) in [5, 5.41) is 12.2. The van der Waals surface area contributed by atoms with E-state index in [-0.39, 0.29) is 11.8 Å². The molecular formula is C20H18ClNO2. The van der Waals surface area contributed by atoms with Crippen molar-refractivity contribution in [2.45, 2.75) is 19.4 Å². The number of rotatable bonds is 4. The van der Waals surface area contributed by atoms with Crippen LogP contribution in [0.5, 0.6) is 0 Å². The van der Waals surface area contributed by atoms with Crippen LogP contribution in [0.25, 0.3) is 11.6 Å². The highest BCUT2D eigenvalue weighted by Gasteiger charge is 2.19. The molecule has 2 aromatic rings. The van der Waals surface area contributed by atoms with Gasteiger partial charge in [-0.15, -0.1) is 0 Å². The minimum atomic E-state index is -0.176. The first kappa shape index (κ1) is 16.5. The summed E-state index contributed by atoms with van der Waals surface area (Å²) in [6, 6.07) is 15.0. The van der Waals surface area contributed by atoms with E-state index in [4.69, 9.17) is 11.6 Å². The van der Waals surface area contributed by atoms with Crippen molar-refractivity contribution in [2.24, 2.45) is 0 Å². The Kier molecular flexibility index (Phi) is 4.84. The van der Waals surface area contributed by atoms with Crippen LogP contribution in [0.2, 0.25) is 5.02 Å². The SMILES string of the molecule is CC(Cc1ccc(Cl)cc1)N(O)/C=C1/C(=O)C=Cc2ccccc21. The van der Waals surface area contributed by atoms with Gasteiger partial charge in [0, 0.05) is 16.8 Å². The lowest BCUT2D eigenvalue weighted by molar-refractivity contribution is -0.110. The molecule has 0 heterocycles. The van der Waals surface area contributed by atoms with E-state index in [9.17, 15) is 10.0 Å². The van der Waals surface area contributed by atoms with Crippen LogP contribution in [-0.2, 0) is 11.2 Å². The number of nitrogens with zero attached hydrogens (tertiary/aromatic N) is 1. The van der Waals surface area contributed by atoms with Gasteiger partial charge in [-0.25, -0.2) is 0 Å². The van der Waals surface area contributed by atoms with E-state index in [0.717, 1.165) is 21.8 Å². The number of hydrogen-bond donors (Lipinski definition) is 1. The van der Waals surface area contributed by atoms with Crippen LogP contribution in [0, 0.1) is 0 Å². The number of fused-ring (bicyclic) bond motifs is 1. The third-order valence-electron chi connectivity index (χ3n) is 4.09. The van der Waals surface area contributed by atoms with E-state index in [1.165, 1.54) is 12.3 Å². The topological polar surface area (TPSA) is 40.5 Å². The van der Waals surface area contributed by atoms with Crippen molar-refractivity contribution in [3.05, 3.63) is 82.5 Å². The zero-order valence-corrected chi connectivity index (χ0v) is 14.1. The first-order chi connectivity index (χ1) is 11.5. The normalized spacial score (nSPS) is 16.1. The number of benzene rings is 2. The number of hydrogen-bond acceptors (Lipinski definition) is 3. The molecule has 0 amide bonds. The van der Waals surface area contributed by atoms with Gasteiger partial charge < -0.3 is 0 Å². The van der Waals surface area contributed by atoms with Gasteiger partial charge in [-0.1, -0.05) is 54.1 Å². The fourth-order valence-corrected chi connectivity index (χ4v) is 2.85. The van der Waals surface area contributed by atoms with Crippen LogP contribution in [0.3, 0.4) is 0 Å². The quantitative estimate of drug-likeness (QED) is 0.653. The highest BCUT2D eigenvalue weighted by Crippen LogP contribution is 2.27. The maximum Gasteiger partial charge on any atom is 0.188 e.